The topological polar surface area (TPSA) is 62.2 Å². The van der Waals surface area contributed by atoms with Gasteiger partial charge in [0.25, 0.3) is 5.91 Å². The molecule has 0 aromatic carbocycles. The third-order valence-electron chi connectivity index (χ3n) is 3.21. The van der Waals surface area contributed by atoms with Crippen molar-refractivity contribution in [2.45, 2.75) is 19.3 Å². The van der Waals surface area contributed by atoms with Crippen LogP contribution in [0.15, 0.2) is 18.3 Å². The molecule has 1 aromatic rings. The van der Waals surface area contributed by atoms with Gasteiger partial charge in [-0.15, -0.1) is 0 Å². The zero-order chi connectivity index (χ0) is 12.3. The van der Waals surface area contributed by atoms with Crippen molar-refractivity contribution in [1.29, 1.82) is 0 Å². The summed E-state index contributed by atoms with van der Waals surface area (Å²) in [5, 5.41) is 12.1. The van der Waals surface area contributed by atoms with Crippen LogP contribution >= 0.6 is 11.6 Å². The summed E-state index contributed by atoms with van der Waals surface area (Å²) < 4.78 is 0. The van der Waals surface area contributed by atoms with E-state index < -0.39 is 0 Å². The molecule has 0 spiro atoms. The van der Waals surface area contributed by atoms with E-state index in [4.69, 9.17) is 16.7 Å². The summed E-state index contributed by atoms with van der Waals surface area (Å²) >= 11 is 5.72. The van der Waals surface area contributed by atoms with Gasteiger partial charge in [0, 0.05) is 24.9 Å². The van der Waals surface area contributed by atoms with Crippen LogP contribution in [0.3, 0.4) is 0 Å². The standard InChI is InChI=1S/C12H15ClN2O2/c13-10-7-9(1-5-14-10)11(17)15-8-12(2-3-12)4-6-16/h1,5,7,16H,2-4,6,8H2,(H,15,17). The van der Waals surface area contributed by atoms with Crippen LogP contribution in [0.2, 0.25) is 5.15 Å². The normalized spacial score (nSPS) is 16.6. The second-order valence-electron chi connectivity index (χ2n) is 4.52. The van der Waals surface area contributed by atoms with E-state index in [0.29, 0.717) is 17.3 Å². The molecular weight excluding hydrogens is 240 g/mol. The van der Waals surface area contributed by atoms with E-state index in [1.807, 2.05) is 0 Å². The summed E-state index contributed by atoms with van der Waals surface area (Å²) in [5.41, 5.74) is 0.645. The highest BCUT2D eigenvalue weighted by Crippen LogP contribution is 2.47. The van der Waals surface area contributed by atoms with Gasteiger partial charge in [0.05, 0.1) is 0 Å². The summed E-state index contributed by atoms with van der Waals surface area (Å²) in [6.45, 7) is 0.795. The highest BCUT2D eigenvalue weighted by Gasteiger charge is 2.41. The van der Waals surface area contributed by atoms with Crippen LogP contribution in [-0.4, -0.2) is 29.1 Å². The Bertz CT molecular complexity index is 419. The summed E-state index contributed by atoms with van der Waals surface area (Å²) in [4.78, 5) is 15.6. The molecule has 1 fully saturated rings. The molecule has 0 atom stereocenters. The molecule has 2 N–H and O–H groups in total. The number of nitrogens with zero attached hydrogens (tertiary/aromatic N) is 1. The second kappa shape index (κ2) is 5.02. The summed E-state index contributed by atoms with van der Waals surface area (Å²) in [5.74, 6) is -0.140. The second-order valence-corrected chi connectivity index (χ2v) is 4.91. The first-order valence-corrected chi connectivity index (χ1v) is 6.04. The molecule has 17 heavy (non-hydrogen) atoms. The Labute approximate surface area is 105 Å². The molecule has 5 heteroatoms. The predicted molar refractivity (Wildman–Crippen MR) is 65.0 cm³/mol. The number of nitrogens with one attached hydrogen (secondary N) is 1. The summed E-state index contributed by atoms with van der Waals surface area (Å²) in [6.07, 6.45) is 4.41. The maximum absolute atomic E-state index is 11.8. The van der Waals surface area contributed by atoms with Gasteiger partial charge in [-0.1, -0.05) is 11.6 Å². The van der Waals surface area contributed by atoms with Crippen LogP contribution in [0.5, 0.6) is 0 Å². The van der Waals surface area contributed by atoms with E-state index in [1.165, 1.54) is 6.20 Å². The van der Waals surface area contributed by atoms with Gasteiger partial charge in [-0.05, 0) is 36.8 Å². The number of hydrogen-bond donors (Lipinski definition) is 2. The average Bonchev–Trinajstić information content (AvgIpc) is 3.07. The first kappa shape index (κ1) is 12.3. The SMILES string of the molecule is O=C(NCC1(CCO)CC1)c1ccnc(Cl)c1. The molecule has 1 saturated carbocycles. The highest BCUT2D eigenvalue weighted by atomic mass is 35.5. The Hall–Kier alpha value is -1.13. The lowest BCUT2D eigenvalue weighted by Crippen LogP contribution is -2.30. The third kappa shape index (κ3) is 3.17. The molecule has 0 saturated heterocycles. The van der Waals surface area contributed by atoms with Crippen LogP contribution in [0.25, 0.3) is 0 Å². The fourth-order valence-electron chi connectivity index (χ4n) is 1.84. The van der Waals surface area contributed by atoms with E-state index in [-0.39, 0.29) is 17.9 Å². The third-order valence-corrected chi connectivity index (χ3v) is 3.42. The number of aromatic nitrogens is 1. The van der Waals surface area contributed by atoms with Crippen LogP contribution in [0, 0.1) is 5.41 Å². The summed E-state index contributed by atoms with van der Waals surface area (Å²) in [6, 6.07) is 3.18. The molecule has 4 nitrogen and oxygen atoms in total. The monoisotopic (exact) mass is 254 g/mol. The maximum Gasteiger partial charge on any atom is 0.251 e. The molecule has 1 aromatic heterocycles. The van der Waals surface area contributed by atoms with Crippen molar-refractivity contribution in [3.8, 4) is 0 Å². The van der Waals surface area contributed by atoms with Crippen LogP contribution in [-0.2, 0) is 0 Å². The van der Waals surface area contributed by atoms with Gasteiger partial charge in [0.2, 0.25) is 0 Å². The maximum atomic E-state index is 11.8. The van der Waals surface area contributed by atoms with Crippen molar-refractivity contribution in [3.05, 3.63) is 29.0 Å². The molecule has 1 amide bonds. The minimum atomic E-state index is -0.140. The van der Waals surface area contributed by atoms with Crippen molar-refractivity contribution in [3.63, 3.8) is 0 Å². The van der Waals surface area contributed by atoms with Gasteiger partial charge in [-0.25, -0.2) is 4.98 Å². The number of hydrogen-bond acceptors (Lipinski definition) is 3. The lowest BCUT2D eigenvalue weighted by Gasteiger charge is -2.14. The fraction of sp³-hybridized carbons (Fsp3) is 0.500. The van der Waals surface area contributed by atoms with Gasteiger partial charge >= 0.3 is 0 Å². The molecule has 0 aliphatic heterocycles. The minimum Gasteiger partial charge on any atom is -0.396 e. The molecular formula is C12H15ClN2O2. The first-order valence-electron chi connectivity index (χ1n) is 5.66. The molecule has 0 unspecified atom stereocenters. The Morgan fingerprint density at radius 3 is 2.94 bits per heavy atom. The summed E-state index contributed by atoms with van der Waals surface area (Å²) in [7, 11) is 0. The zero-order valence-electron chi connectivity index (χ0n) is 9.45. The minimum absolute atomic E-state index is 0.126. The predicted octanol–water partition coefficient (Wildman–Crippen LogP) is 1.63. The van der Waals surface area contributed by atoms with Crippen molar-refractivity contribution < 1.29 is 9.90 Å². The number of amides is 1. The Balaban J connectivity index is 1.90. The van der Waals surface area contributed by atoms with Gasteiger partial charge in [-0.3, -0.25) is 4.79 Å². The number of carbonyl (C=O) groups is 1. The van der Waals surface area contributed by atoms with E-state index in [1.54, 1.807) is 12.1 Å². The van der Waals surface area contributed by atoms with Gasteiger partial charge in [0.1, 0.15) is 5.15 Å². The van der Waals surface area contributed by atoms with E-state index >= 15 is 0 Å². The molecule has 0 bridgehead atoms. The van der Waals surface area contributed by atoms with Crippen LogP contribution < -0.4 is 5.32 Å². The van der Waals surface area contributed by atoms with Crippen LogP contribution in [0.4, 0.5) is 0 Å². The number of rotatable bonds is 5. The van der Waals surface area contributed by atoms with Gasteiger partial charge in [-0.2, -0.15) is 0 Å². The Morgan fingerprint density at radius 1 is 1.59 bits per heavy atom. The lowest BCUT2D eigenvalue weighted by molar-refractivity contribution is 0.0940. The molecule has 2 rings (SSSR count). The zero-order valence-corrected chi connectivity index (χ0v) is 10.2. The largest absolute Gasteiger partial charge is 0.396 e. The molecule has 1 aliphatic carbocycles. The number of pyridine rings is 1. The van der Waals surface area contributed by atoms with Crippen molar-refractivity contribution >= 4 is 17.5 Å². The van der Waals surface area contributed by atoms with Crippen molar-refractivity contribution in [1.82, 2.24) is 10.3 Å². The molecule has 1 aliphatic rings. The molecule has 92 valence electrons. The lowest BCUT2D eigenvalue weighted by atomic mass is 10.0. The number of carbonyl (C=O) groups excluding carboxylic acids is 1. The van der Waals surface area contributed by atoms with E-state index in [2.05, 4.69) is 10.3 Å². The van der Waals surface area contributed by atoms with Gasteiger partial charge < -0.3 is 10.4 Å². The Morgan fingerprint density at radius 2 is 2.35 bits per heavy atom. The number of aliphatic hydroxyl groups excluding tert-OH is 1. The van der Waals surface area contributed by atoms with Gasteiger partial charge in [0.15, 0.2) is 0 Å². The average molecular weight is 255 g/mol. The highest BCUT2D eigenvalue weighted by molar-refractivity contribution is 6.29. The van der Waals surface area contributed by atoms with E-state index in [9.17, 15) is 4.79 Å². The molecule has 1 heterocycles. The molecule has 0 radical (unpaired) electrons. The number of halogens is 1. The quantitative estimate of drug-likeness (QED) is 0.785. The first-order chi connectivity index (χ1) is 8.15. The van der Waals surface area contributed by atoms with Crippen molar-refractivity contribution in [2.24, 2.45) is 5.41 Å². The Kier molecular flexibility index (Phi) is 3.64. The number of aliphatic hydroxyl groups is 1. The fourth-order valence-corrected chi connectivity index (χ4v) is 2.02. The smallest absolute Gasteiger partial charge is 0.251 e. The van der Waals surface area contributed by atoms with Crippen molar-refractivity contribution in [2.75, 3.05) is 13.2 Å². The van der Waals surface area contributed by atoms with Crippen LogP contribution in [0.1, 0.15) is 29.6 Å². The van der Waals surface area contributed by atoms with E-state index in [0.717, 1.165) is 19.3 Å².